The molecule has 0 radical (unpaired) electrons. The lowest BCUT2D eigenvalue weighted by atomic mass is 10.0. The zero-order valence-corrected chi connectivity index (χ0v) is 21.4. The number of amides is 3. The number of carboxylic acid groups (broad SMARTS) is 1. The fourth-order valence-electron chi connectivity index (χ4n) is 3.67. The van der Waals surface area contributed by atoms with Gasteiger partial charge in [-0.3, -0.25) is 9.59 Å². The Morgan fingerprint density at radius 2 is 1.63 bits per heavy atom. The summed E-state index contributed by atoms with van der Waals surface area (Å²) in [7, 11) is 0. The Morgan fingerprint density at radius 3 is 2.17 bits per heavy atom. The molecule has 1 saturated heterocycles. The number of piperidine rings is 1. The first-order chi connectivity index (χ1) is 16.1. The van der Waals surface area contributed by atoms with Gasteiger partial charge >= 0.3 is 18.2 Å². The van der Waals surface area contributed by atoms with Crippen molar-refractivity contribution in [3.63, 3.8) is 0 Å². The number of rotatable bonds is 6. The van der Waals surface area contributed by atoms with Crippen molar-refractivity contribution < 1.29 is 33.8 Å². The van der Waals surface area contributed by atoms with Gasteiger partial charge in [0, 0.05) is 31.2 Å². The van der Waals surface area contributed by atoms with E-state index >= 15 is 0 Å². The van der Waals surface area contributed by atoms with Crippen LogP contribution in [0, 0.1) is 0 Å². The summed E-state index contributed by atoms with van der Waals surface area (Å²) in [5, 5.41) is 12.1. The van der Waals surface area contributed by atoms with Crippen LogP contribution >= 0.6 is 0 Å². The lowest BCUT2D eigenvalue weighted by Gasteiger charge is -2.38. The highest BCUT2D eigenvalue weighted by Crippen LogP contribution is 2.21. The summed E-state index contributed by atoms with van der Waals surface area (Å²) in [6.07, 6.45) is -0.105. The summed E-state index contributed by atoms with van der Waals surface area (Å²) in [6.45, 7) is 11.1. The molecule has 2 N–H and O–H groups in total. The maximum absolute atomic E-state index is 13.3. The summed E-state index contributed by atoms with van der Waals surface area (Å²) in [5.41, 5.74) is -0.234. The van der Waals surface area contributed by atoms with E-state index in [9.17, 15) is 24.3 Å². The lowest BCUT2D eigenvalue weighted by Crippen LogP contribution is -2.51. The Bertz CT molecular complexity index is 926. The van der Waals surface area contributed by atoms with Crippen molar-refractivity contribution in [1.82, 2.24) is 15.1 Å². The summed E-state index contributed by atoms with van der Waals surface area (Å²) >= 11 is 0. The van der Waals surface area contributed by atoms with Crippen molar-refractivity contribution >= 4 is 24.1 Å². The number of carbonyl (C=O) groups is 4. The highest BCUT2D eigenvalue weighted by atomic mass is 16.6. The van der Waals surface area contributed by atoms with E-state index in [1.165, 1.54) is 4.90 Å². The fraction of sp³-hybridized carbons (Fsp3) is 0.600. The average molecular weight is 492 g/mol. The summed E-state index contributed by atoms with van der Waals surface area (Å²) in [4.78, 5) is 52.0. The monoisotopic (exact) mass is 491 g/mol. The van der Waals surface area contributed by atoms with Crippen LogP contribution in [-0.2, 0) is 20.8 Å². The standard InChI is InChI=1S/C25H37N3O7/c1-24(2,3)34-22(32)26-15-17-8-7-9-18(14-17)21(31)28(16-20(29)30)19-10-12-27(13-11-19)23(33)35-25(4,5)6/h7-9,14,19H,10-13,15-16H2,1-6H3,(H,26,32)(H,29,30). The first-order valence-electron chi connectivity index (χ1n) is 11.7. The number of carboxylic acids is 1. The third kappa shape index (κ3) is 9.46. The van der Waals surface area contributed by atoms with Gasteiger partial charge in [0.15, 0.2) is 0 Å². The van der Waals surface area contributed by atoms with Gasteiger partial charge in [0.25, 0.3) is 5.91 Å². The van der Waals surface area contributed by atoms with Crippen LogP contribution in [-0.4, -0.2) is 75.8 Å². The Hall–Kier alpha value is -3.30. The van der Waals surface area contributed by atoms with Gasteiger partial charge < -0.3 is 29.7 Å². The van der Waals surface area contributed by atoms with Crippen LogP contribution in [0.4, 0.5) is 9.59 Å². The number of carbonyl (C=O) groups excluding carboxylic acids is 3. The number of hydrogen-bond acceptors (Lipinski definition) is 6. The molecule has 0 saturated carbocycles. The number of aliphatic carboxylic acids is 1. The highest BCUT2D eigenvalue weighted by Gasteiger charge is 2.33. The van der Waals surface area contributed by atoms with Gasteiger partial charge in [-0.05, 0) is 72.1 Å². The van der Waals surface area contributed by atoms with E-state index in [1.54, 1.807) is 70.7 Å². The van der Waals surface area contributed by atoms with Crippen LogP contribution in [0.3, 0.4) is 0 Å². The molecule has 2 rings (SSSR count). The first-order valence-corrected chi connectivity index (χ1v) is 11.7. The molecule has 35 heavy (non-hydrogen) atoms. The van der Waals surface area contributed by atoms with E-state index in [2.05, 4.69) is 5.32 Å². The molecule has 1 heterocycles. The normalized spacial score (nSPS) is 14.7. The molecule has 0 atom stereocenters. The number of ether oxygens (including phenoxy) is 2. The molecule has 1 aromatic rings. The van der Waals surface area contributed by atoms with Crippen molar-refractivity contribution in [2.75, 3.05) is 19.6 Å². The molecule has 0 aromatic heterocycles. The van der Waals surface area contributed by atoms with E-state index in [1.807, 2.05) is 0 Å². The van der Waals surface area contributed by atoms with Gasteiger partial charge in [0.2, 0.25) is 0 Å². The molecule has 194 valence electrons. The number of nitrogens with zero attached hydrogens (tertiary/aromatic N) is 2. The lowest BCUT2D eigenvalue weighted by molar-refractivity contribution is -0.138. The van der Waals surface area contributed by atoms with Crippen molar-refractivity contribution in [1.29, 1.82) is 0 Å². The second-order valence-corrected chi connectivity index (χ2v) is 10.6. The Balaban J connectivity index is 2.07. The molecule has 10 nitrogen and oxygen atoms in total. The van der Waals surface area contributed by atoms with Crippen molar-refractivity contribution in [3.8, 4) is 0 Å². The van der Waals surface area contributed by atoms with E-state index < -0.39 is 41.8 Å². The molecular formula is C25H37N3O7. The van der Waals surface area contributed by atoms with E-state index in [0.29, 0.717) is 37.1 Å². The molecule has 0 unspecified atom stereocenters. The summed E-state index contributed by atoms with van der Waals surface area (Å²) in [5.74, 6) is -1.53. The van der Waals surface area contributed by atoms with Crippen LogP contribution in [0.5, 0.6) is 0 Å². The third-order valence-electron chi connectivity index (χ3n) is 5.13. The molecule has 10 heteroatoms. The second kappa shape index (κ2) is 11.4. The molecule has 1 aromatic carbocycles. The van der Waals surface area contributed by atoms with Crippen LogP contribution < -0.4 is 5.32 Å². The van der Waals surface area contributed by atoms with Gasteiger partial charge in [0.1, 0.15) is 17.7 Å². The molecule has 1 fully saturated rings. The minimum absolute atomic E-state index is 0.156. The molecule has 0 bridgehead atoms. The molecular weight excluding hydrogens is 454 g/mol. The van der Waals surface area contributed by atoms with Crippen LogP contribution in [0.1, 0.15) is 70.3 Å². The minimum Gasteiger partial charge on any atom is -0.480 e. The average Bonchev–Trinajstić information content (AvgIpc) is 2.73. The summed E-state index contributed by atoms with van der Waals surface area (Å²) < 4.78 is 10.6. The molecule has 0 spiro atoms. The first kappa shape index (κ1) is 27.9. The largest absolute Gasteiger partial charge is 0.480 e. The smallest absolute Gasteiger partial charge is 0.410 e. The predicted octanol–water partition coefficient (Wildman–Crippen LogP) is 3.64. The number of likely N-dealkylation sites (tertiary alicyclic amines) is 1. The molecule has 1 aliphatic rings. The van der Waals surface area contributed by atoms with Crippen molar-refractivity contribution in [2.45, 2.75) is 78.2 Å². The Morgan fingerprint density at radius 1 is 1.03 bits per heavy atom. The maximum atomic E-state index is 13.3. The molecule has 0 aliphatic carbocycles. The fourth-order valence-corrected chi connectivity index (χ4v) is 3.67. The maximum Gasteiger partial charge on any atom is 0.410 e. The second-order valence-electron chi connectivity index (χ2n) is 10.6. The molecule has 3 amide bonds. The Labute approximate surface area is 206 Å². The quantitative estimate of drug-likeness (QED) is 0.622. The number of nitrogens with one attached hydrogen (secondary N) is 1. The van der Waals surface area contributed by atoms with Gasteiger partial charge in [-0.1, -0.05) is 12.1 Å². The van der Waals surface area contributed by atoms with Crippen LogP contribution in [0.25, 0.3) is 0 Å². The summed E-state index contributed by atoms with van der Waals surface area (Å²) in [6, 6.07) is 6.35. The SMILES string of the molecule is CC(C)(C)OC(=O)NCc1cccc(C(=O)N(CC(=O)O)C2CCN(C(=O)OC(C)(C)C)CC2)c1. The van der Waals surface area contributed by atoms with Crippen LogP contribution in [0.15, 0.2) is 24.3 Å². The topological polar surface area (TPSA) is 125 Å². The number of hydrogen-bond donors (Lipinski definition) is 2. The zero-order chi connectivity index (χ0) is 26.4. The van der Waals surface area contributed by atoms with Crippen molar-refractivity contribution in [3.05, 3.63) is 35.4 Å². The predicted molar refractivity (Wildman–Crippen MR) is 129 cm³/mol. The van der Waals surface area contributed by atoms with Gasteiger partial charge in [-0.25, -0.2) is 9.59 Å². The van der Waals surface area contributed by atoms with Gasteiger partial charge in [-0.15, -0.1) is 0 Å². The molecule has 1 aliphatic heterocycles. The number of benzene rings is 1. The number of alkyl carbamates (subject to hydrolysis) is 1. The third-order valence-corrected chi connectivity index (χ3v) is 5.13. The van der Waals surface area contributed by atoms with Gasteiger partial charge in [-0.2, -0.15) is 0 Å². The van der Waals surface area contributed by atoms with E-state index in [-0.39, 0.29) is 12.6 Å². The minimum atomic E-state index is -1.12. The highest BCUT2D eigenvalue weighted by molar-refractivity contribution is 5.96. The Kier molecular flexibility index (Phi) is 9.12. The van der Waals surface area contributed by atoms with E-state index in [0.717, 1.165) is 0 Å². The van der Waals surface area contributed by atoms with Crippen LogP contribution in [0.2, 0.25) is 0 Å². The van der Waals surface area contributed by atoms with E-state index in [4.69, 9.17) is 9.47 Å². The zero-order valence-electron chi connectivity index (χ0n) is 21.4. The van der Waals surface area contributed by atoms with Crippen molar-refractivity contribution in [2.24, 2.45) is 0 Å². The van der Waals surface area contributed by atoms with Gasteiger partial charge in [0.05, 0.1) is 0 Å².